The molecule has 0 saturated carbocycles. The summed E-state index contributed by atoms with van der Waals surface area (Å²) in [7, 11) is 0. The van der Waals surface area contributed by atoms with Crippen molar-refractivity contribution in [3.05, 3.63) is 45.8 Å². The molecule has 4 nitrogen and oxygen atoms in total. The van der Waals surface area contributed by atoms with Crippen LogP contribution in [0.3, 0.4) is 0 Å². The highest BCUT2D eigenvalue weighted by molar-refractivity contribution is 9.10. The number of rotatable bonds is 6. The van der Waals surface area contributed by atoms with Crippen molar-refractivity contribution in [3.63, 3.8) is 0 Å². The minimum absolute atomic E-state index is 0.381. The minimum atomic E-state index is 0.381. The molecule has 1 aromatic heterocycles. The second-order valence-electron chi connectivity index (χ2n) is 5.02. The van der Waals surface area contributed by atoms with E-state index in [0.717, 1.165) is 27.2 Å². The predicted molar refractivity (Wildman–Crippen MR) is 81.7 cm³/mol. The number of hydrogen-bond acceptors (Lipinski definition) is 4. The number of ether oxygens (including phenoxy) is 1. The van der Waals surface area contributed by atoms with Crippen LogP contribution >= 0.6 is 15.9 Å². The average Bonchev–Trinajstić information content (AvgIpc) is 2.85. The quantitative estimate of drug-likeness (QED) is 0.869. The molecule has 0 unspecified atom stereocenters. The number of aryl methyl sites for hydroxylation is 1. The number of nitrogens with zero attached hydrogens (tertiary/aromatic N) is 1. The van der Waals surface area contributed by atoms with Crippen molar-refractivity contribution < 1.29 is 9.26 Å². The lowest BCUT2D eigenvalue weighted by Crippen LogP contribution is -2.21. The fourth-order valence-corrected chi connectivity index (χ4v) is 2.03. The molecule has 0 saturated heterocycles. The van der Waals surface area contributed by atoms with E-state index in [2.05, 4.69) is 40.3 Å². The second kappa shape index (κ2) is 6.90. The van der Waals surface area contributed by atoms with E-state index in [0.29, 0.717) is 19.2 Å². The highest BCUT2D eigenvalue weighted by atomic mass is 79.9. The molecule has 0 aliphatic carbocycles. The van der Waals surface area contributed by atoms with Crippen molar-refractivity contribution in [2.75, 3.05) is 0 Å². The SMILES string of the molecule is Cc1ccc(Br)cc1OCc1cc(CNC(C)C)no1. The van der Waals surface area contributed by atoms with Gasteiger partial charge in [-0.15, -0.1) is 0 Å². The standard InChI is InChI=1S/C15H19BrN2O2/c1-10(2)17-8-13-7-14(20-18-13)9-19-15-6-12(16)5-4-11(15)3/h4-7,10,17H,8-9H2,1-3H3. The van der Waals surface area contributed by atoms with Crippen molar-refractivity contribution in [2.45, 2.75) is 40.0 Å². The fourth-order valence-electron chi connectivity index (χ4n) is 1.69. The lowest BCUT2D eigenvalue weighted by atomic mass is 10.2. The Labute approximate surface area is 127 Å². The molecular formula is C15H19BrN2O2. The molecule has 1 N–H and O–H groups in total. The van der Waals surface area contributed by atoms with E-state index >= 15 is 0 Å². The van der Waals surface area contributed by atoms with Gasteiger partial charge < -0.3 is 14.6 Å². The Morgan fingerprint density at radius 3 is 2.90 bits per heavy atom. The summed E-state index contributed by atoms with van der Waals surface area (Å²) in [5, 5.41) is 7.31. The third-order valence-corrected chi connectivity index (χ3v) is 3.31. The van der Waals surface area contributed by atoms with Crippen LogP contribution in [0.5, 0.6) is 5.75 Å². The van der Waals surface area contributed by atoms with Crippen molar-refractivity contribution in [2.24, 2.45) is 0 Å². The first-order chi connectivity index (χ1) is 9.54. The molecule has 0 radical (unpaired) electrons. The Hall–Kier alpha value is -1.33. The zero-order valence-electron chi connectivity index (χ0n) is 11.9. The normalized spacial score (nSPS) is 11.1. The van der Waals surface area contributed by atoms with Gasteiger partial charge in [0, 0.05) is 23.1 Å². The van der Waals surface area contributed by atoms with E-state index < -0.39 is 0 Å². The third kappa shape index (κ3) is 4.35. The number of nitrogens with one attached hydrogen (secondary N) is 1. The van der Waals surface area contributed by atoms with Gasteiger partial charge in [-0.25, -0.2) is 0 Å². The van der Waals surface area contributed by atoms with Crippen molar-refractivity contribution in [3.8, 4) is 5.75 Å². The van der Waals surface area contributed by atoms with E-state index in [4.69, 9.17) is 9.26 Å². The first kappa shape index (κ1) is 15.1. The average molecular weight is 339 g/mol. The van der Waals surface area contributed by atoms with Gasteiger partial charge in [-0.2, -0.15) is 0 Å². The summed E-state index contributed by atoms with van der Waals surface area (Å²) in [4.78, 5) is 0. The van der Waals surface area contributed by atoms with Crippen LogP contribution in [0.2, 0.25) is 0 Å². The molecule has 0 bridgehead atoms. The van der Waals surface area contributed by atoms with Crippen molar-refractivity contribution in [1.82, 2.24) is 10.5 Å². The number of benzene rings is 1. The lowest BCUT2D eigenvalue weighted by molar-refractivity contribution is 0.247. The largest absolute Gasteiger partial charge is 0.485 e. The zero-order valence-corrected chi connectivity index (χ0v) is 13.5. The monoisotopic (exact) mass is 338 g/mol. The maximum absolute atomic E-state index is 5.76. The molecule has 20 heavy (non-hydrogen) atoms. The molecule has 0 atom stereocenters. The van der Waals surface area contributed by atoms with E-state index in [9.17, 15) is 0 Å². The first-order valence-corrected chi connectivity index (χ1v) is 7.40. The Balaban J connectivity index is 1.92. The van der Waals surface area contributed by atoms with Gasteiger partial charge in [0.2, 0.25) is 0 Å². The molecule has 5 heteroatoms. The molecule has 0 aliphatic rings. The Morgan fingerprint density at radius 1 is 1.35 bits per heavy atom. The van der Waals surface area contributed by atoms with E-state index in [-0.39, 0.29) is 0 Å². The maximum Gasteiger partial charge on any atom is 0.174 e. The molecule has 108 valence electrons. The van der Waals surface area contributed by atoms with Gasteiger partial charge >= 0.3 is 0 Å². The van der Waals surface area contributed by atoms with Gasteiger partial charge in [0.05, 0.1) is 5.69 Å². The molecule has 1 heterocycles. The van der Waals surface area contributed by atoms with Gasteiger partial charge in [0.25, 0.3) is 0 Å². The number of halogens is 1. The summed E-state index contributed by atoms with van der Waals surface area (Å²) < 4.78 is 12.0. The Bertz CT molecular complexity index is 567. The van der Waals surface area contributed by atoms with Crippen molar-refractivity contribution in [1.29, 1.82) is 0 Å². The molecule has 0 aliphatic heterocycles. The van der Waals surface area contributed by atoms with Gasteiger partial charge in [-0.05, 0) is 24.6 Å². The van der Waals surface area contributed by atoms with E-state index in [1.807, 2.05) is 31.2 Å². The third-order valence-electron chi connectivity index (χ3n) is 2.82. The summed E-state index contributed by atoms with van der Waals surface area (Å²) in [5.74, 6) is 1.57. The molecule has 0 amide bonds. The molecule has 2 rings (SSSR count). The summed E-state index contributed by atoms with van der Waals surface area (Å²) in [6, 6.07) is 8.30. The highest BCUT2D eigenvalue weighted by Gasteiger charge is 2.07. The van der Waals surface area contributed by atoms with Crippen molar-refractivity contribution >= 4 is 15.9 Å². The molecule has 0 fully saturated rings. The number of aromatic nitrogens is 1. The van der Waals surface area contributed by atoms with Crippen LogP contribution in [-0.4, -0.2) is 11.2 Å². The summed E-state index contributed by atoms with van der Waals surface area (Å²) in [6.07, 6.45) is 0. The van der Waals surface area contributed by atoms with Crippen LogP contribution in [0.4, 0.5) is 0 Å². The summed E-state index contributed by atoms with van der Waals surface area (Å²) >= 11 is 3.44. The minimum Gasteiger partial charge on any atom is -0.485 e. The molecule has 0 spiro atoms. The lowest BCUT2D eigenvalue weighted by Gasteiger charge is -2.07. The topological polar surface area (TPSA) is 47.3 Å². The molecule has 1 aromatic carbocycles. The predicted octanol–water partition coefficient (Wildman–Crippen LogP) is 3.82. The van der Waals surface area contributed by atoms with Gasteiger partial charge in [-0.3, -0.25) is 0 Å². The van der Waals surface area contributed by atoms with Crippen LogP contribution in [0, 0.1) is 6.92 Å². The zero-order chi connectivity index (χ0) is 14.5. The maximum atomic E-state index is 5.76. The Kier molecular flexibility index (Phi) is 5.20. The Morgan fingerprint density at radius 2 is 2.15 bits per heavy atom. The van der Waals surface area contributed by atoms with Gasteiger partial charge in [0.1, 0.15) is 12.4 Å². The fraction of sp³-hybridized carbons (Fsp3) is 0.400. The van der Waals surface area contributed by atoms with E-state index in [1.54, 1.807) is 0 Å². The van der Waals surface area contributed by atoms with Crippen LogP contribution in [0.1, 0.15) is 30.9 Å². The second-order valence-corrected chi connectivity index (χ2v) is 5.93. The van der Waals surface area contributed by atoms with Crippen LogP contribution in [0.25, 0.3) is 0 Å². The van der Waals surface area contributed by atoms with Crippen LogP contribution in [0.15, 0.2) is 33.3 Å². The first-order valence-electron chi connectivity index (χ1n) is 6.61. The summed E-state index contributed by atoms with van der Waals surface area (Å²) in [6.45, 7) is 7.30. The van der Waals surface area contributed by atoms with Gasteiger partial charge in [-0.1, -0.05) is 41.0 Å². The highest BCUT2D eigenvalue weighted by Crippen LogP contribution is 2.23. The van der Waals surface area contributed by atoms with Crippen LogP contribution in [-0.2, 0) is 13.2 Å². The number of hydrogen-bond donors (Lipinski definition) is 1. The van der Waals surface area contributed by atoms with Crippen LogP contribution < -0.4 is 10.1 Å². The smallest absolute Gasteiger partial charge is 0.174 e. The molecular weight excluding hydrogens is 320 g/mol. The van der Waals surface area contributed by atoms with Gasteiger partial charge in [0.15, 0.2) is 5.76 Å². The van der Waals surface area contributed by atoms with E-state index in [1.165, 1.54) is 0 Å². The molecule has 2 aromatic rings. The summed E-state index contributed by atoms with van der Waals surface area (Å²) in [5.41, 5.74) is 1.98.